The van der Waals surface area contributed by atoms with Gasteiger partial charge in [0.25, 0.3) is 17.7 Å². The molecule has 160 valence electrons. The second-order valence-electron chi connectivity index (χ2n) is 8.16. The van der Waals surface area contributed by atoms with Gasteiger partial charge in [-0.15, -0.1) is 0 Å². The lowest BCUT2D eigenvalue weighted by molar-refractivity contribution is -0.156. The predicted octanol–water partition coefficient (Wildman–Crippen LogP) is 2.44. The molecular weight excluding hydrogens is 396 g/mol. The van der Waals surface area contributed by atoms with Gasteiger partial charge in [-0.3, -0.25) is 19.3 Å². The number of amides is 3. The Morgan fingerprint density at radius 2 is 1.52 bits per heavy atom. The molecule has 0 N–H and O–H groups in total. The van der Waals surface area contributed by atoms with Crippen LogP contribution in [0.3, 0.4) is 0 Å². The average molecular weight is 420 g/mol. The number of hydrogen-bond donors (Lipinski definition) is 0. The first-order valence-corrected chi connectivity index (χ1v) is 10.4. The smallest absolute Gasteiger partial charge is 0.330 e. The minimum absolute atomic E-state index is 0.272. The summed E-state index contributed by atoms with van der Waals surface area (Å²) in [7, 11) is 0. The molecule has 2 aliphatic heterocycles. The molecule has 0 bridgehead atoms. The van der Waals surface area contributed by atoms with Gasteiger partial charge in [0, 0.05) is 13.1 Å². The van der Waals surface area contributed by atoms with Crippen LogP contribution in [0.5, 0.6) is 0 Å². The first-order valence-electron chi connectivity index (χ1n) is 10.4. The maximum atomic E-state index is 12.9. The number of hydrogen-bond acceptors (Lipinski definition) is 5. The van der Waals surface area contributed by atoms with Crippen LogP contribution in [0.4, 0.5) is 0 Å². The van der Waals surface area contributed by atoms with E-state index in [1.807, 2.05) is 24.3 Å². The van der Waals surface area contributed by atoms with Crippen molar-refractivity contribution in [3.8, 4) is 0 Å². The van der Waals surface area contributed by atoms with Crippen molar-refractivity contribution in [2.45, 2.75) is 32.9 Å². The highest BCUT2D eigenvalue weighted by molar-refractivity contribution is 6.22. The molecule has 7 heteroatoms. The zero-order valence-corrected chi connectivity index (χ0v) is 17.5. The molecule has 0 saturated heterocycles. The summed E-state index contributed by atoms with van der Waals surface area (Å²) in [5, 5.41) is 0. The molecular formula is C24H24N2O5. The summed E-state index contributed by atoms with van der Waals surface area (Å²) in [5.41, 5.74) is 2.84. The van der Waals surface area contributed by atoms with Crippen LogP contribution in [0.2, 0.25) is 0 Å². The molecule has 7 nitrogen and oxygen atoms in total. The van der Waals surface area contributed by atoms with Crippen molar-refractivity contribution in [1.82, 2.24) is 9.80 Å². The standard InChI is InChI=1S/C24H24N2O5/c1-15(2)21(26-22(28)18-9-5-6-10-19(18)23(26)29)24(30)31-14-20(27)25-12-11-16-7-3-4-8-17(16)13-25/h3-10,15,21H,11-14H2,1-2H3/t21-/m1/s1. The Bertz CT molecular complexity index is 1030. The van der Waals surface area contributed by atoms with Crippen LogP contribution in [0, 0.1) is 5.92 Å². The average Bonchev–Trinajstić information content (AvgIpc) is 3.02. The van der Waals surface area contributed by atoms with Gasteiger partial charge in [-0.05, 0) is 35.6 Å². The van der Waals surface area contributed by atoms with Gasteiger partial charge in [0.2, 0.25) is 0 Å². The van der Waals surface area contributed by atoms with Gasteiger partial charge in [0.15, 0.2) is 6.61 Å². The summed E-state index contributed by atoms with van der Waals surface area (Å²) in [6, 6.07) is 13.3. The highest BCUT2D eigenvalue weighted by Gasteiger charge is 2.44. The Morgan fingerprint density at radius 1 is 0.935 bits per heavy atom. The number of ether oxygens (including phenoxy) is 1. The molecule has 0 unspecified atom stereocenters. The lowest BCUT2D eigenvalue weighted by atomic mass is 10.00. The van der Waals surface area contributed by atoms with Crippen LogP contribution in [0.1, 0.15) is 45.7 Å². The number of carbonyl (C=O) groups excluding carboxylic acids is 4. The molecule has 0 fully saturated rings. The SMILES string of the molecule is CC(C)[C@H](C(=O)OCC(=O)N1CCc2ccccc2C1)N1C(=O)c2ccccc2C1=O. The van der Waals surface area contributed by atoms with Crippen LogP contribution in [0.15, 0.2) is 48.5 Å². The second kappa shape index (κ2) is 8.34. The van der Waals surface area contributed by atoms with Crippen molar-refractivity contribution < 1.29 is 23.9 Å². The van der Waals surface area contributed by atoms with Crippen molar-refractivity contribution >= 4 is 23.7 Å². The first kappa shape index (κ1) is 20.8. The van der Waals surface area contributed by atoms with Crippen molar-refractivity contribution in [2.24, 2.45) is 5.92 Å². The summed E-state index contributed by atoms with van der Waals surface area (Å²) in [4.78, 5) is 53.7. The minimum atomic E-state index is -1.10. The molecule has 0 spiro atoms. The van der Waals surface area contributed by atoms with E-state index in [0.29, 0.717) is 13.1 Å². The highest BCUT2D eigenvalue weighted by Crippen LogP contribution is 2.27. The zero-order valence-electron chi connectivity index (χ0n) is 17.5. The van der Waals surface area contributed by atoms with Crippen molar-refractivity contribution in [3.63, 3.8) is 0 Å². The van der Waals surface area contributed by atoms with Gasteiger partial charge < -0.3 is 9.64 Å². The minimum Gasteiger partial charge on any atom is -0.454 e. The quantitative estimate of drug-likeness (QED) is 0.548. The van der Waals surface area contributed by atoms with E-state index >= 15 is 0 Å². The maximum absolute atomic E-state index is 12.9. The van der Waals surface area contributed by atoms with Gasteiger partial charge in [-0.25, -0.2) is 4.79 Å². The number of fused-ring (bicyclic) bond motifs is 2. The molecule has 0 saturated carbocycles. The van der Waals surface area contributed by atoms with Crippen molar-refractivity contribution in [2.75, 3.05) is 13.2 Å². The van der Waals surface area contributed by atoms with Crippen LogP contribution in [-0.2, 0) is 27.3 Å². The Labute approximate surface area is 180 Å². The molecule has 4 rings (SSSR count). The second-order valence-corrected chi connectivity index (χ2v) is 8.16. The number of carbonyl (C=O) groups is 4. The molecule has 2 aliphatic rings. The van der Waals surface area contributed by atoms with Gasteiger partial charge in [0.05, 0.1) is 11.1 Å². The molecule has 2 aromatic carbocycles. The molecule has 0 aliphatic carbocycles. The molecule has 31 heavy (non-hydrogen) atoms. The number of nitrogens with zero attached hydrogens (tertiary/aromatic N) is 2. The third-order valence-electron chi connectivity index (χ3n) is 5.80. The fourth-order valence-electron chi connectivity index (χ4n) is 4.15. The van der Waals surface area contributed by atoms with E-state index in [1.165, 1.54) is 5.56 Å². The molecule has 2 aromatic rings. The lowest BCUT2D eigenvalue weighted by Gasteiger charge is -2.30. The number of benzene rings is 2. The van der Waals surface area contributed by atoms with Crippen molar-refractivity contribution in [1.29, 1.82) is 0 Å². The van der Waals surface area contributed by atoms with Crippen LogP contribution >= 0.6 is 0 Å². The van der Waals surface area contributed by atoms with Crippen LogP contribution in [0.25, 0.3) is 0 Å². The summed E-state index contributed by atoms with van der Waals surface area (Å²) < 4.78 is 5.30. The zero-order chi connectivity index (χ0) is 22.1. The monoisotopic (exact) mass is 420 g/mol. The predicted molar refractivity (Wildman–Crippen MR) is 112 cm³/mol. The normalized spacial score (nSPS) is 16.2. The van der Waals surface area contributed by atoms with E-state index in [2.05, 4.69) is 0 Å². The molecule has 2 heterocycles. The van der Waals surface area contributed by atoms with Gasteiger partial charge in [0.1, 0.15) is 6.04 Å². The van der Waals surface area contributed by atoms with Gasteiger partial charge >= 0.3 is 5.97 Å². The Balaban J connectivity index is 1.43. The van der Waals surface area contributed by atoms with E-state index in [1.54, 1.807) is 43.0 Å². The summed E-state index contributed by atoms with van der Waals surface area (Å²) in [6.45, 7) is 4.07. The highest BCUT2D eigenvalue weighted by atomic mass is 16.5. The van der Waals surface area contributed by atoms with Gasteiger partial charge in [-0.1, -0.05) is 50.2 Å². The van der Waals surface area contributed by atoms with Gasteiger partial charge in [-0.2, -0.15) is 0 Å². The summed E-state index contributed by atoms with van der Waals surface area (Å²) in [6.07, 6.45) is 0.750. The fraction of sp³-hybridized carbons (Fsp3) is 0.333. The van der Waals surface area contributed by atoms with E-state index in [0.717, 1.165) is 16.9 Å². The number of imide groups is 1. The fourth-order valence-corrected chi connectivity index (χ4v) is 4.15. The topological polar surface area (TPSA) is 84.0 Å². The first-order chi connectivity index (χ1) is 14.9. The van der Waals surface area contributed by atoms with E-state index in [4.69, 9.17) is 4.74 Å². The summed E-state index contributed by atoms with van der Waals surface area (Å²) in [5.74, 6) is -2.46. The molecule has 3 amide bonds. The third kappa shape index (κ3) is 3.83. The molecule has 1 atom stereocenters. The molecule has 0 aromatic heterocycles. The Hall–Kier alpha value is -3.48. The number of esters is 1. The van der Waals surface area contributed by atoms with Crippen LogP contribution < -0.4 is 0 Å². The largest absolute Gasteiger partial charge is 0.454 e. The van der Waals surface area contributed by atoms with E-state index in [-0.39, 0.29) is 23.0 Å². The van der Waals surface area contributed by atoms with Crippen LogP contribution in [-0.4, -0.2) is 52.7 Å². The third-order valence-corrected chi connectivity index (χ3v) is 5.80. The van der Waals surface area contributed by atoms with E-state index in [9.17, 15) is 19.2 Å². The van der Waals surface area contributed by atoms with E-state index < -0.39 is 30.4 Å². The Kier molecular flexibility index (Phi) is 5.59. The maximum Gasteiger partial charge on any atom is 0.330 e. The van der Waals surface area contributed by atoms with Crippen molar-refractivity contribution in [3.05, 3.63) is 70.8 Å². The number of rotatable bonds is 5. The molecule has 0 radical (unpaired) electrons. The lowest BCUT2D eigenvalue weighted by Crippen LogP contribution is -2.49. The summed E-state index contributed by atoms with van der Waals surface area (Å²) >= 11 is 0. The Morgan fingerprint density at radius 3 is 2.13 bits per heavy atom.